The standard InChI is InChI=1S/C12H16N2O5S/c1-7-9(11(15)16)10(8(2)19-7)20(17,18)14-6-12(3,4)5-13/h14H,6H2,1-4H3,(H,15,16). The molecule has 1 aromatic heterocycles. The van der Waals surface area contributed by atoms with E-state index in [0.717, 1.165) is 0 Å². The summed E-state index contributed by atoms with van der Waals surface area (Å²) in [5.74, 6) is -1.35. The molecule has 0 aliphatic heterocycles. The van der Waals surface area contributed by atoms with Gasteiger partial charge in [-0.3, -0.25) is 0 Å². The highest BCUT2D eigenvalue weighted by Crippen LogP contribution is 2.27. The van der Waals surface area contributed by atoms with Crippen molar-refractivity contribution in [2.75, 3.05) is 6.54 Å². The van der Waals surface area contributed by atoms with Crippen LogP contribution in [0, 0.1) is 30.6 Å². The molecular weight excluding hydrogens is 284 g/mol. The molecule has 0 amide bonds. The van der Waals surface area contributed by atoms with Gasteiger partial charge < -0.3 is 9.52 Å². The molecule has 0 saturated carbocycles. The van der Waals surface area contributed by atoms with Crippen LogP contribution in [-0.2, 0) is 10.0 Å². The van der Waals surface area contributed by atoms with Crippen molar-refractivity contribution in [2.45, 2.75) is 32.6 Å². The number of nitriles is 1. The van der Waals surface area contributed by atoms with Crippen LogP contribution in [0.5, 0.6) is 0 Å². The van der Waals surface area contributed by atoms with Crippen LogP contribution in [0.4, 0.5) is 0 Å². The highest BCUT2D eigenvalue weighted by atomic mass is 32.2. The van der Waals surface area contributed by atoms with E-state index in [0.29, 0.717) is 0 Å². The lowest BCUT2D eigenvalue weighted by Gasteiger charge is -2.16. The molecule has 7 nitrogen and oxygen atoms in total. The van der Waals surface area contributed by atoms with Crippen molar-refractivity contribution in [2.24, 2.45) is 5.41 Å². The highest BCUT2D eigenvalue weighted by Gasteiger charge is 2.32. The second-order valence-corrected chi connectivity index (χ2v) is 6.75. The van der Waals surface area contributed by atoms with Crippen molar-refractivity contribution >= 4 is 16.0 Å². The van der Waals surface area contributed by atoms with Gasteiger partial charge in [0.1, 0.15) is 22.0 Å². The van der Waals surface area contributed by atoms with E-state index in [-0.39, 0.29) is 23.6 Å². The number of aryl methyl sites for hydroxylation is 2. The lowest BCUT2D eigenvalue weighted by molar-refractivity contribution is 0.0691. The third-order valence-corrected chi connectivity index (χ3v) is 4.25. The number of nitrogens with one attached hydrogen (secondary N) is 1. The molecule has 110 valence electrons. The van der Waals surface area contributed by atoms with Gasteiger partial charge in [-0.25, -0.2) is 17.9 Å². The molecule has 0 spiro atoms. The third-order valence-electron chi connectivity index (χ3n) is 2.69. The van der Waals surface area contributed by atoms with E-state index in [2.05, 4.69) is 4.72 Å². The smallest absolute Gasteiger partial charge is 0.340 e. The van der Waals surface area contributed by atoms with Crippen molar-refractivity contribution in [1.29, 1.82) is 5.26 Å². The van der Waals surface area contributed by atoms with E-state index >= 15 is 0 Å². The van der Waals surface area contributed by atoms with Gasteiger partial charge in [0.15, 0.2) is 0 Å². The second-order valence-electron chi connectivity index (χ2n) is 5.04. The molecule has 1 heterocycles. The average molecular weight is 300 g/mol. The Morgan fingerprint density at radius 3 is 2.40 bits per heavy atom. The molecular formula is C12H16N2O5S. The van der Waals surface area contributed by atoms with Crippen molar-refractivity contribution in [3.8, 4) is 6.07 Å². The Balaban J connectivity index is 3.25. The van der Waals surface area contributed by atoms with Gasteiger partial charge in [-0.05, 0) is 27.7 Å². The third kappa shape index (κ3) is 3.18. The molecule has 0 atom stereocenters. The van der Waals surface area contributed by atoms with Gasteiger partial charge in [0.25, 0.3) is 0 Å². The molecule has 1 aromatic rings. The largest absolute Gasteiger partial charge is 0.478 e. The summed E-state index contributed by atoms with van der Waals surface area (Å²) in [7, 11) is -4.06. The van der Waals surface area contributed by atoms with E-state index in [1.165, 1.54) is 13.8 Å². The van der Waals surface area contributed by atoms with Crippen LogP contribution >= 0.6 is 0 Å². The number of hydrogen-bond acceptors (Lipinski definition) is 5. The number of carboxylic acids is 1. The van der Waals surface area contributed by atoms with Crippen LogP contribution in [0.25, 0.3) is 0 Å². The average Bonchev–Trinajstić information content (AvgIpc) is 2.63. The molecule has 0 unspecified atom stereocenters. The normalized spacial score (nSPS) is 12.2. The topological polar surface area (TPSA) is 120 Å². The molecule has 0 radical (unpaired) electrons. The van der Waals surface area contributed by atoms with Gasteiger partial charge in [0.05, 0.1) is 11.5 Å². The van der Waals surface area contributed by atoms with Crippen molar-refractivity contribution in [3.63, 3.8) is 0 Å². The molecule has 0 aliphatic rings. The summed E-state index contributed by atoms with van der Waals surface area (Å²) in [4.78, 5) is 10.8. The minimum Gasteiger partial charge on any atom is -0.478 e. The molecule has 8 heteroatoms. The molecule has 0 aliphatic carbocycles. The SMILES string of the molecule is Cc1oc(C)c(S(=O)(=O)NCC(C)(C)C#N)c1C(=O)O. The zero-order valence-corrected chi connectivity index (χ0v) is 12.5. The molecule has 20 heavy (non-hydrogen) atoms. The predicted octanol–water partition coefficient (Wildman–Crippen LogP) is 1.42. The Morgan fingerprint density at radius 2 is 1.95 bits per heavy atom. The van der Waals surface area contributed by atoms with Crippen LogP contribution in [0.3, 0.4) is 0 Å². The second kappa shape index (κ2) is 5.26. The Bertz CT molecular complexity index is 679. The fourth-order valence-electron chi connectivity index (χ4n) is 1.62. The van der Waals surface area contributed by atoms with E-state index in [4.69, 9.17) is 14.8 Å². The van der Waals surface area contributed by atoms with Gasteiger partial charge in [-0.15, -0.1) is 0 Å². The van der Waals surface area contributed by atoms with E-state index < -0.39 is 26.3 Å². The summed E-state index contributed by atoms with van der Waals surface area (Å²) in [5.41, 5.74) is -1.28. The highest BCUT2D eigenvalue weighted by molar-refractivity contribution is 7.89. The number of hydrogen-bond donors (Lipinski definition) is 2. The summed E-state index contributed by atoms with van der Waals surface area (Å²) in [6.45, 7) is 5.77. The first kappa shape index (κ1) is 16.2. The van der Waals surface area contributed by atoms with Crippen LogP contribution in [-0.4, -0.2) is 26.0 Å². The van der Waals surface area contributed by atoms with Crippen LogP contribution < -0.4 is 4.72 Å². The Hall–Kier alpha value is -1.85. The monoisotopic (exact) mass is 300 g/mol. The van der Waals surface area contributed by atoms with Crippen LogP contribution in [0.2, 0.25) is 0 Å². The Labute approximate surface area is 117 Å². The van der Waals surface area contributed by atoms with Crippen molar-refractivity contribution in [3.05, 3.63) is 17.1 Å². The maximum absolute atomic E-state index is 12.2. The zero-order chi connectivity index (χ0) is 15.7. The van der Waals surface area contributed by atoms with Crippen LogP contribution in [0.15, 0.2) is 9.31 Å². The number of carbonyl (C=O) groups is 1. The minimum atomic E-state index is -4.06. The zero-order valence-electron chi connectivity index (χ0n) is 11.6. The first-order valence-corrected chi connectivity index (χ1v) is 7.24. The summed E-state index contributed by atoms with van der Waals surface area (Å²) in [5, 5.41) is 18.0. The number of carboxylic acid groups (broad SMARTS) is 1. The molecule has 0 fully saturated rings. The molecule has 1 rings (SSSR count). The number of aromatic carboxylic acids is 1. The van der Waals surface area contributed by atoms with Gasteiger partial charge >= 0.3 is 5.97 Å². The van der Waals surface area contributed by atoms with Crippen LogP contribution in [0.1, 0.15) is 35.7 Å². The first-order chi connectivity index (χ1) is 9.02. The van der Waals surface area contributed by atoms with E-state index in [1.807, 2.05) is 6.07 Å². The fourth-order valence-corrected chi connectivity index (χ4v) is 3.24. The minimum absolute atomic E-state index is 0.00200. The predicted molar refractivity (Wildman–Crippen MR) is 69.7 cm³/mol. The summed E-state index contributed by atoms with van der Waals surface area (Å²) < 4.78 is 31.7. The van der Waals surface area contributed by atoms with Gasteiger partial charge in [-0.2, -0.15) is 5.26 Å². The fraction of sp³-hybridized carbons (Fsp3) is 0.500. The van der Waals surface area contributed by atoms with Gasteiger partial charge in [-0.1, -0.05) is 0 Å². The summed E-state index contributed by atoms with van der Waals surface area (Å²) in [6, 6.07) is 1.96. The van der Waals surface area contributed by atoms with Gasteiger partial charge in [0.2, 0.25) is 10.0 Å². The number of nitrogens with zero attached hydrogens (tertiary/aromatic N) is 1. The molecule has 2 N–H and O–H groups in total. The number of rotatable bonds is 5. The van der Waals surface area contributed by atoms with Crippen molar-refractivity contribution < 1.29 is 22.7 Å². The lowest BCUT2D eigenvalue weighted by atomic mass is 9.97. The first-order valence-electron chi connectivity index (χ1n) is 5.76. The van der Waals surface area contributed by atoms with E-state index in [1.54, 1.807) is 13.8 Å². The Morgan fingerprint density at radius 1 is 1.40 bits per heavy atom. The number of furan rings is 1. The molecule has 0 saturated heterocycles. The maximum atomic E-state index is 12.2. The molecule has 0 aromatic carbocycles. The number of sulfonamides is 1. The lowest BCUT2D eigenvalue weighted by Crippen LogP contribution is -2.34. The summed E-state index contributed by atoms with van der Waals surface area (Å²) in [6.07, 6.45) is 0. The summed E-state index contributed by atoms with van der Waals surface area (Å²) >= 11 is 0. The van der Waals surface area contributed by atoms with Gasteiger partial charge in [0, 0.05) is 6.54 Å². The van der Waals surface area contributed by atoms with Crippen molar-refractivity contribution in [1.82, 2.24) is 4.72 Å². The quantitative estimate of drug-likeness (QED) is 0.848. The van der Waals surface area contributed by atoms with E-state index in [9.17, 15) is 13.2 Å². The molecule has 0 bridgehead atoms. The Kier molecular flexibility index (Phi) is 4.27. The maximum Gasteiger partial charge on any atom is 0.340 e.